The zero-order valence-electron chi connectivity index (χ0n) is 15.4. The molecule has 0 saturated heterocycles. The fourth-order valence-electron chi connectivity index (χ4n) is 2.99. The van der Waals surface area contributed by atoms with E-state index in [-0.39, 0.29) is 16.7 Å². The van der Waals surface area contributed by atoms with E-state index in [1.165, 1.54) is 19.3 Å². The molecule has 1 aromatic carbocycles. The van der Waals surface area contributed by atoms with Gasteiger partial charge in [0, 0.05) is 35.1 Å². The molecule has 9 nitrogen and oxygen atoms in total. The standard InChI is InChI=1S/C19H17N7O2S/c1-22-29(27,28)16-9-13(10-24-18(16)20)12-2-3-15-14(8-12)17(26-19(21)25-15)11-4-6-23-7-5-11/h2-10,22H,1H3,(H2,20,24)(H2,21,25,26). The number of sulfonamides is 1. The van der Waals surface area contributed by atoms with Crippen molar-refractivity contribution in [3.05, 3.63) is 55.0 Å². The molecular formula is C19H17N7O2S. The van der Waals surface area contributed by atoms with Crippen molar-refractivity contribution in [2.45, 2.75) is 4.90 Å². The zero-order chi connectivity index (χ0) is 20.6. The second-order valence-corrected chi connectivity index (χ2v) is 8.07. The summed E-state index contributed by atoms with van der Waals surface area (Å²) >= 11 is 0. The molecule has 0 fully saturated rings. The molecule has 4 aromatic rings. The van der Waals surface area contributed by atoms with Crippen molar-refractivity contribution in [3.8, 4) is 22.4 Å². The van der Waals surface area contributed by atoms with Crippen molar-refractivity contribution in [2.75, 3.05) is 18.5 Å². The average Bonchev–Trinajstić information content (AvgIpc) is 2.73. The number of pyridine rings is 2. The first kappa shape index (κ1) is 18.7. The van der Waals surface area contributed by atoms with Gasteiger partial charge in [0.1, 0.15) is 10.7 Å². The summed E-state index contributed by atoms with van der Waals surface area (Å²) in [6, 6.07) is 10.6. The summed E-state index contributed by atoms with van der Waals surface area (Å²) in [4.78, 5) is 16.7. The van der Waals surface area contributed by atoms with Crippen LogP contribution in [0.5, 0.6) is 0 Å². The minimum atomic E-state index is -3.74. The zero-order valence-corrected chi connectivity index (χ0v) is 16.2. The van der Waals surface area contributed by atoms with Crippen molar-refractivity contribution in [1.29, 1.82) is 0 Å². The molecule has 29 heavy (non-hydrogen) atoms. The molecule has 0 aliphatic carbocycles. The Bertz CT molecular complexity index is 1330. The van der Waals surface area contributed by atoms with Crippen molar-refractivity contribution in [1.82, 2.24) is 24.7 Å². The third kappa shape index (κ3) is 3.46. The number of nitrogens with one attached hydrogen (secondary N) is 1. The normalized spacial score (nSPS) is 11.6. The van der Waals surface area contributed by atoms with E-state index in [9.17, 15) is 8.42 Å². The summed E-state index contributed by atoms with van der Waals surface area (Å²) in [5.41, 5.74) is 15.1. The van der Waals surface area contributed by atoms with E-state index in [2.05, 4.69) is 24.7 Å². The lowest BCUT2D eigenvalue weighted by atomic mass is 10.0. The molecule has 0 aliphatic heterocycles. The highest BCUT2D eigenvalue weighted by Crippen LogP contribution is 2.31. The second-order valence-electron chi connectivity index (χ2n) is 6.21. The van der Waals surface area contributed by atoms with Crippen LogP contribution in [0.1, 0.15) is 0 Å². The molecule has 4 rings (SSSR count). The molecule has 0 atom stereocenters. The van der Waals surface area contributed by atoms with Crippen molar-refractivity contribution >= 4 is 32.7 Å². The second kappa shape index (κ2) is 7.08. The van der Waals surface area contributed by atoms with E-state index in [1.54, 1.807) is 18.5 Å². The Balaban J connectivity index is 1.93. The highest BCUT2D eigenvalue weighted by atomic mass is 32.2. The van der Waals surface area contributed by atoms with Gasteiger partial charge in [-0.15, -0.1) is 0 Å². The lowest BCUT2D eigenvalue weighted by Crippen LogP contribution is -2.20. The predicted octanol–water partition coefficient (Wildman–Crippen LogP) is 1.83. The van der Waals surface area contributed by atoms with Gasteiger partial charge in [0.25, 0.3) is 0 Å². The quantitative estimate of drug-likeness (QED) is 0.464. The number of benzene rings is 1. The molecule has 0 radical (unpaired) electrons. The van der Waals surface area contributed by atoms with Gasteiger partial charge in [-0.05, 0) is 42.9 Å². The van der Waals surface area contributed by atoms with Gasteiger partial charge in [0.05, 0.1) is 11.2 Å². The molecule has 3 aromatic heterocycles. The first-order valence-electron chi connectivity index (χ1n) is 8.56. The first-order chi connectivity index (χ1) is 13.9. The molecule has 0 bridgehead atoms. The maximum Gasteiger partial charge on any atom is 0.243 e. The third-order valence-corrected chi connectivity index (χ3v) is 5.88. The number of nitrogen functional groups attached to an aromatic ring is 2. The Labute approximate surface area is 166 Å². The van der Waals surface area contributed by atoms with Gasteiger partial charge in [0.15, 0.2) is 0 Å². The Morgan fingerprint density at radius 2 is 1.69 bits per heavy atom. The molecule has 0 unspecified atom stereocenters. The van der Waals surface area contributed by atoms with E-state index >= 15 is 0 Å². The van der Waals surface area contributed by atoms with Gasteiger partial charge >= 0.3 is 0 Å². The van der Waals surface area contributed by atoms with E-state index in [0.29, 0.717) is 16.8 Å². The number of nitrogens with two attached hydrogens (primary N) is 2. The minimum absolute atomic E-state index is 0.0718. The van der Waals surface area contributed by atoms with Crippen LogP contribution in [0.3, 0.4) is 0 Å². The van der Waals surface area contributed by atoms with Crippen molar-refractivity contribution in [2.24, 2.45) is 0 Å². The summed E-state index contributed by atoms with van der Waals surface area (Å²) < 4.78 is 26.7. The van der Waals surface area contributed by atoms with Gasteiger partial charge in [-0.2, -0.15) is 0 Å². The fraction of sp³-hybridized carbons (Fsp3) is 0.0526. The maximum atomic E-state index is 12.2. The van der Waals surface area contributed by atoms with Gasteiger partial charge in [-0.25, -0.2) is 28.1 Å². The summed E-state index contributed by atoms with van der Waals surface area (Å²) in [6.07, 6.45) is 4.86. The fourth-order valence-corrected chi connectivity index (χ4v) is 3.82. The van der Waals surface area contributed by atoms with Crippen LogP contribution in [0.2, 0.25) is 0 Å². The summed E-state index contributed by atoms with van der Waals surface area (Å²) in [6.45, 7) is 0. The van der Waals surface area contributed by atoms with Gasteiger partial charge in [0.2, 0.25) is 16.0 Å². The number of aromatic nitrogens is 4. The summed E-state index contributed by atoms with van der Waals surface area (Å²) in [5, 5.41) is 0.762. The number of rotatable bonds is 4. The van der Waals surface area contributed by atoms with Crippen LogP contribution in [0, 0.1) is 0 Å². The van der Waals surface area contributed by atoms with Crippen LogP contribution >= 0.6 is 0 Å². The van der Waals surface area contributed by atoms with Gasteiger partial charge in [-0.3, -0.25) is 4.98 Å². The molecule has 3 heterocycles. The highest BCUT2D eigenvalue weighted by Gasteiger charge is 2.18. The lowest BCUT2D eigenvalue weighted by molar-refractivity contribution is 0.588. The Morgan fingerprint density at radius 1 is 0.931 bits per heavy atom. The van der Waals surface area contributed by atoms with Gasteiger partial charge in [-0.1, -0.05) is 6.07 Å². The van der Waals surface area contributed by atoms with E-state index in [4.69, 9.17) is 11.5 Å². The minimum Gasteiger partial charge on any atom is -0.383 e. The molecule has 0 saturated carbocycles. The third-order valence-electron chi connectivity index (χ3n) is 4.44. The number of hydrogen-bond donors (Lipinski definition) is 3. The monoisotopic (exact) mass is 407 g/mol. The van der Waals surface area contributed by atoms with Gasteiger partial charge < -0.3 is 11.5 Å². The van der Waals surface area contributed by atoms with Crippen molar-refractivity contribution < 1.29 is 8.42 Å². The Kier molecular flexibility index (Phi) is 4.57. The Morgan fingerprint density at radius 3 is 2.41 bits per heavy atom. The first-order valence-corrected chi connectivity index (χ1v) is 10.0. The van der Waals surface area contributed by atoms with Crippen molar-refractivity contribution in [3.63, 3.8) is 0 Å². The average molecular weight is 407 g/mol. The largest absolute Gasteiger partial charge is 0.383 e. The Hall–Kier alpha value is -3.63. The summed E-state index contributed by atoms with van der Waals surface area (Å²) in [7, 11) is -2.42. The van der Waals surface area contributed by atoms with E-state index in [1.807, 2.05) is 24.3 Å². The number of hydrogen-bond acceptors (Lipinski definition) is 8. The molecule has 10 heteroatoms. The summed E-state index contributed by atoms with van der Waals surface area (Å²) in [5.74, 6) is 0.0890. The number of fused-ring (bicyclic) bond motifs is 1. The molecule has 0 amide bonds. The molecule has 5 N–H and O–H groups in total. The van der Waals surface area contributed by atoms with Crippen LogP contribution in [0.25, 0.3) is 33.3 Å². The lowest BCUT2D eigenvalue weighted by Gasteiger charge is -2.11. The van der Waals surface area contributed by atoms with Crippen LogP contribution in [-0.2, 0) is 10.0 Å². The molecule has 0 aliphatic rings. The number of nitrogens with zero attached hydrogens (tertiary/aromatic N) is 4. The molecular weight excluding hydrogens is 390 g/mol. The highest BCUT2D eigenvalue weighted by molar-refractivity contribution is 7.89. The van der Waals surface area contributed by atoms with Crippen LogP contribution in [0.4, 0.5) is 11.8 Å². The van der Waals surface area contributed by atoms with Crippen LogP contribution < -0.4 is 16.2 Å². The maximum absolute atomic E-state index is 12.2. The SMILES string of the molecule is CNS(=O)(=O)c1cc(-c2ccc3nc(N)nc(-c4ccncc4)c3c2)cnc1N. The smallest absolute Gasteiger partial charge is 0.243 e. The molecule has 0 spiro atoms. The topological polar surface area (TPSA) is 150 Å². The molecule has 146 valence electrons. The van der Waals surface area contributed by atoms with Crippen LogP contribution in [-0.4, -0.2) is 35.4 Å². The van der Waals surface area contributed by atoms with Crippen LogP contribution in [0.15, 0.2) is 59.9 Å². The van der Waals surface area contributed by atoms with E-state index < -0.39 is 10.0 Å². The van der Waals surface area contributed by atoms with E-state index in [0.717, 1.165) is 16.5 Å². The number of anilines is 2. The predicted molar refractivity (Wildman–Crippen MR) is 111 cm³/mol.